The maximum atomic E-state index is 13.4. The van der Waals surface area contributed by atoms with E-state index in [1.165, 1.54) is 0 Å². The molecular formula is C14H13F2N3. The first kappa shape index (κ1) is 13.2. The van der Waals surface area contributed by atoms with Gasteiger partial charge in [-0.3, -0.25) is 4.68 Å². The maximum absolute atomic E-state index is 13.4. The van der Waals surface area contributed by atoms with Crippen molar-refractivity contribution in [2.75, 3.05) is 0 Å². The van der Waals surface area contributed by atoms with Crippen LogP contribution in [-0.2, 0) is 7.05 Å². The minimum atomic E-state index is -0.999. The molecule has 3 nitrogen and oxygen atoms in total. The molecule has 2 aromatic rings. The average Bonchev–Trinajstić information content (AvgIpc) is 2.81. The fourth-order valence-corrected chi connectivity index (χ4v) is 2.20. The van der Waals surface area contributed by atoms with Gasteiger partial charge in [0, 0.05) is 19.2 Å². The second-order valence-corrected chi connectivity index (χ2v) is 4.37. The van der Waals surface area contributed by atoms with Gasteiger partial charge in [0.25, 0.3) is 0 Å². The Balaban J connectivity index is 2.55. The van der Waals surface area contributed by atoms with Crippen LogP contribution in [0.25, 0.3) is 0 Å². The van der Waals surface area contributed by atoms with E-state index in [2.05, 4.69) is 5.10 Å². The molecule has 0 N–H and O–H groups in total. The molecule has 0 unspecified atom stereocenters. The van der Waals surface area contributed by atoms with Crippen molar-refractivity contribution in [1.29, 1.82) is 5.26 Å². The number of aryl methyl sites for hydroxylation is 1. The van der Waals surface area contributed by atoms with E-state index in [-0.39, 0.29) is 11.5 Å². The third kappa shape index (κ3) is 2.48. The van der Waals surface area contributed by atoms with Crippen LogP contribution in [0.2, 0.25) is 0 Å². The molecule has 1 aromatic heterocycles. The molecule has 0 spiro atoms. The van der Waals surface area contributed by atoms with Crippen molar-refractivity contribution in [3.63, 3.8) is 0 Å². The van der Waals surface area contributed by atoms with Gasteiger partial charge < -0.3 is 0 Å². The van der Waals surface area contributed by atoms with Gasteiger partial charge in [-0.25, -0.2) is 8.78 Å². The predicted octanol–water partition coefficient (Wildman–Crippen LogP) is 3.11. The van der Waals surface area contributed by atoms with Crippen LogP contribution in [0.15, 0.2) is 24.5 Å². The van der Waals surface area contributed by atoms with E-state index in [9.17, 15) is 8.78 Å². The molecule has 0 aliphatic heterocycles. The first-order valence-corrected chi connectivity index (χ1v) is 5.94. The summed E-state index contributed by atoms with van der Waals surface area (Å²) in [6.45, 7) is 1.93. The van der Waals surface area contributed by atoms with E-state index in [1.807, 2.05) is 19.2 Å². The molecular weight excluding hydrogens is 248 g/mol. The SMILES string of the molecule is CC[C@H](c1cnn(C)c1)c1cc(F)c(F)cc1C#N. The molecule has 0 aliphatic rings. The molecule has 0 saturated carbocycles. The third-order valence-corrected chi connectivity index (χ3v) is 3.12. The highest BCUT2D eigenvalue weighted by atomic mass is 19.2. The predicted molar refractivity (Wildman–Crippen MR) is 66.4 cm³/mol. The van der Waals surface area contributed by atoms with Gasteiger partial charge in [0.2, 0.25) is 0 Å². The summed E-state index contributed by atoms with van der Waals surface area (Å²) in [7, 11) is 1.78. The molecule has 5 heteroatoms. The first-order valence-electron chi connectivity index (χ1n) is 5.94. The summed E-state index contributed by atoms with van der Waals surface area (Å²) < 4.78 is 28.2. The number of hydrogen-bond donors (Lipinski definition) is 0. The van der Waals surface area contributed by atoms with E-state index in [4.69, 9.17) is 5.26 Å². The second-order valence-electron chi connectivity index (χ2n) is 4.37. The van der Waals surface area contributed by atoms with Gasteiger partial charge in [0.05, 0.1) is 17.8 Å². The van der Waals surface area contributed by atoms with Crippen molar-refractivity contribution < 1.29 is 8.78 Å². The number of nitrogens with zero attached hydrogens (tertiary/aromatic N) is 3. The lowest BCUT2D eigenvalue weighted by Crippen LogP contribution is -2.04. The number of aromatic nitrogens is 2. The summed E-state index contributed by atoms with van der Waals surface area (Å²) in [6.07, 6.45) is 4.17. The number of rotatable bonds is 3. The van der Waals surface area contributed by atoms with E-state index in [0.717, 1.165) is 17.7 Å². The van der Waals surface area contributed by atoms with E-state index >= 15 is 0 Å². The Hall–Kier alpha value is -2.22. The fraction of sp³-hybridized carbons (Fsp3) is 0.286. The number of hydrogen-bond acceptors (Lipinski definition) is 2. The van der Waals surface area contributed by atoms with Gasteiger partial charge in [0.1, 0.15) is 0 Å². The van der Waals surface area contributed by atoms with Crippen LogP contribution in [-0.4, -0.2) is 9.78 Å². The normalized spacial score (nSPS) is 12.2. The summed E-state index contributed by atoms with van der Waals surface area (Å²) in [5.41, 5.74) is 1.54. The Morgan fingerprint density at radius 2 is 2.05 bits per heavy atom. The minimum absolute atomic E-state index is 0.162. The zero-order chi connectivity index (χ0) is 14.0. The standard InChI is InChI=1S/C14H13F2N3/c1-3-11(10-7-18-19(2)8-10)12-5-14(16)13(15)4-9(12)6-17/h4-5,7-8,11H,3H2,1-2H3/t11-/m1/s1. The van der Waals surface area contributed by atoms with Crippen molar-refractivity contribution in [1.82, 2.24) is 9.78 Å². The molecule has 1 atom stereocenters. The van der Waals surface area contributed by atoms with Crippen LogP contribution in [0.3, 0.4) is 0 Å². The Bertz CT molecular complexity index is 641. The van der Waals surface area contributed by atoms with Crippen LogP contribution in [0.5, 0.6) is 0 Å². The van der Waals surface area contributed by atoms with Crippen LogP contribution < -0.4 is 0 Å². The summed E-state index contributed by atoms with van der Waals surface area (Å²) >= 11 is 0. The molecule has 1 aromatic carbocycles. The summed E-state index contributed by atoms with van der Waals surface area (Å²) in [5.74, 6) is -2.10. The molecule has 0 saturated heterocycles. The van der Waals surface area contributed by atoms with E-state index in [1.54, 1.807) is 17.9 Å². The lowest BCUT2D eigenvalue weighted by molar-refractivity contribution is 0.505. The largest absolute Gasteiger partial charge is 0.276 e. The van der Waals surface area contributed by atoms with E-state index < -0.39 is 11.6 Å². The van der Waals surface area contributed by atoms with E-state index in [0.29, 0.717) is 12.0 Å². The number of benzene rings is 1. The third-order valence-electron chi connectivity index (χ3n) is 3.12. The molecule has 0 bridgehead atoms. The zero-order valence-corrected chi connectivity index (χ0v) is 10.7. The Morgan fingerprint density at radius 1 is 1.37 bits per heavy atom. The molecule has 0 amide bonds. The van der Waals surface area contributed by atoms with Crippen LogP contribution >= 0.6 is 0 Å². The number of nitriles is 1. The van der Waals surface area contributed by atoms with Gasteiger partial charge in [-0.2, -0.15) is 10.4 Å². The van der Waals surface area contributed by atoms with Crippen molar-refractivity contribution >= 4 is 0 Å². The molecule has 1 heterocycles. The van der Waals surface area contributed by atoms with Crippen LogP contribution in [0.1, 0.15) is 36.0 Å². The Kier molecular flexibility index (Phi) is 3.61. The average molecular weight is 261 g/mol. The van der Waals surface area contributed by atoms with Crippen molar-refractivity contribution in [3.8, 4) is 6.07 Å². The maximum Gasteiger partial charge on any atom is 0.160 e. The second kappa shape index (κ2) is 5.19. The fourth-order valence-electron chi connectivity index (χ4n) is 2.20. The summed E-state index contributed by atoms with van der Waals surface area (Å²) in [6, 6.07) is 3.98. The lowest BCUT2D eigenvalue weighted by Gasteiger charge is -2.15. The first-order chi connectivity index (χ1) is 9.06. The van der Waals surface area contributed by atoms with Gasteiger partial charge in [0.15, 0.2) is 11.6 Å². The van der Waals surface area contributed by atoms with Crippen LogP contribution in [0, 0.1) is 23.0 Å². The quantitative estimate of drug-likeness (QED) is 0.851. The van der Waals surface area contributed by atoms with Gasteiger partial charge in [-0.15, -0.1) is 0 Å². The summed E-state index contributed by atoms with van der Waals surface area (Å²) in [4.78, 5) is 0. The van der Waals surface area contributed by atoms with Gasteiger partial charge in [-0.1, -0.05) is 6.92 Å². The molecule has 0 fully saturated rings. The molecule has 98 valence electrons. The highest BCUT2D eigenvalue weighted by Gasteiger charge is 2.20. The lowest BCUT2D eigenvalue weighted by atomic mass is 9.88. The van der Waals surface area contributed by atoms with Crippen molar-refractivity contribution in [2.24, 2.45) is 7.05 Å². The number of halogens is 2. The zero-order valence-electron chi connectivity index (χ0n) is 10.7. The highest BCUT2D eigenvalue weighted by Crippen LogP contribution is 2.31. The molecule has 0 aliphatic carbocycles. The highest BCUT2D eigenvalue weighted by molar-refractivity contribution is 5.44. The van der Waals surface area contributed by atoms with Gasteiger partial charge >= 0.3 is 0 Å². The van der Waals surface area contributed by atoms with Crippen LogP contribution in [0.4, 0.5) is 8.78 Å². The minimum Gasteiger partial charge on any atom is -0.276 e. The van der Waals surface area contributed by atoms with Crippen molar-refractivity contribution in [3.05, 3.63) is 52.9 Å². The Labute approximate surface area is 110 Å². The monoisotopic (exact) mass is 261 g/mol. The van der Waals surface area contributed by atoms with Gasteiger partial charge in [-0.05, 0) is 29.7 Å². The Morgan fingerprint density at radius 3 is 2.58 bits per heavy atom. The topological polar surface area (TPSA) is 41.6 Å². The van der Waals surface area contributed by atoms with Crippen molar-refractivity contribution in [2.45, 2.75) is 19.3 Å². The molecule has 2 rings (SSSR count). The molecule has 0 radical (unpaired) electrons. The smallest absolute Gasteiger partial charge is 0.160 e. The summed E-state index contributed by atoms with van der Waals surface area (Å²) in [5, 5.41) is 13.1. The molecule has 19 heavy (non-hydrogen) atoms.